The summed E-state index contributed by atoms with van der Waals surface area (Å²) in [6, 6.07) is 12.4. The molecule has 0 saturated carbocycles. The van der Waals surface area contributed by atoms with Crippen molar-refractivity contribution in [2.45, 2.75) is 26.2 Å². The molecular weight excluding hydrogens is 289 g/mol. The topological polar surface area (TPSA) is 26.0 Å². The average molecular weight is 308 g/mol. The van der Waals surface area contributed by atoms with Crippen molar-refractivity contribution in [1.82, 2.24) is 0 Å². The van der Waals surface area contributed by atoms with Gasteiger partial charge in [-0.1, -0.05) is 58.6 Å². The fraction of sp³-hybridized carbons (Fsp3) is 0.294. The predicted molar refractivity (Wildman–Crippen MR) is 87.9 cm³/mol. The maximum atomic E-state index is 6.10. The lowest BCUT2D eigenvalue weighted by molar-refractivity contribution is 0.694. The van der Waals surface area contributed by atoms with Crippen molar-refractivity contribution >= 4 is 23.2 Å². The normalized spacial score (nSPS) is 12.4. The van der Waals surface area contributed by atoms with Crippen LogP contribution in [-0.4, -0.2) is 6.54 Å². The number of rotatable bonds is 4. The van der Waals surface area contributed by atoms with Gasteiger partial charge in [-0.15, -0.1) is 0 Å². The minimum Gasteiger partial charge on any atom is -0.330 e. The quantitative estimate of drug-likeness (QED) is 0.854. The number of aryl methyl sites for hydroxylation is 2. The van der Waals surface area contributed by atoms with Crippen LogP contribution in [0.4, 0.5) is 0 Å². The van der Waals surface area contributed by atoms with E-state index in [1.54, 1.807) is 0 Å². The Morgan fingerprint density at radius 3 is 2.15 bits per heavy atom. The van der Waals surface area contributed by atoms with E-state index >= 15 is 0 Å². The van der Waals surface area contributed by atoms with Crippen molar-refractivity contribution in [3.8, 4) is 0 Å². The van der Waals surface area contributed by atoms with Gasteiger partial charge in [0.15, 0.2) is 0 Å². The van der Waals surface area contributed by atoms with Crippen LogP contribution in [0.2, 0.25) is 10.0 Å². The monoisotopic (exact) mass is 307 g/mol. The molecule has 0 heterocycles. The van der Waals surface area contributed by atoms with Crippen LogP contribution in [0.15, 0.2) is 36.4 Å². The zero-order valence-electron chi connectivity index (χ0n) is 11.8. The molecule has 0 aromatic heterocycles. The van der Waals surface area contributed by atoms with Gasteiger partial charge in [0.2, 0.25) is 0 Å². The molecule has 0 bridgehead atoms. The fourth-order valence-electron chi connectivity index (χ4n) is 2.57. The fourth-order valence-corrected chi connectivity index (χ4v) is 2.88. The van der Waals surface area contributed by atoms with Crippen LogP contribution in [0, 0.1) is 13.8 Å². The molecule has 1 unspecified atom stereocenters. The second-order valence-corrected chi connectivity index (χ2v) is 6.12. The van der Waals surface area contributed by atoms with E-state index in [-0.39, 0.29) is 5.92 Å². The molecule has 0 saturated heterocycles. The molecule has 106 valence electrons. The highest BCUT2D eigenvalue weighted by Gasteiger charge is 2.12. The zero-order chi connectivity index (χ0) is 14.7. The summed E-state index contributed by atoms with van der Waals surface area (Å²) in [6.07, 6.45) is 0.914. The van der Waals surface area contributed by atoms with Crippen LogP contribution in [0.3, 0.4) is 0 Å². The highest BCUT2D eigenvalue weighted by molar-refractivity contribution is 6.42. The second-order valence-electron chi connectivity index (χ2n) is 5.31. The summed E-state index contributed by atoms with van der Waals surface area (Å²) in [7, 11) is 0. The molecule has 0 aliphatic heterocycles. The van der Waals surface area contributed by atoms with Gasteiger partial charge >= 0.3 is 0 Å². The van der Waals surface area contributed by atoms with Crippen LogP contribution in [0.5, 0.6) is 0 Å². The van der Waals surface area contributed by atoms with E-state index in [1.807, 2.05) is 18.2 Å². The Hall–Kier alpha value is -1.02. The third kappa shape index (κ3) is 3.76. The Morgan fingerprint density at radius 2 is 1.60 bits per heavy atom. The van der Waals surface area contributed by atoms with E-state index in [0.29, 0.717) is 16.6 Å². The molecule has 0 aliphatic rings. The first-order chi connectivity index (χ1) is 9.49. The molecule has 0 fully saturated rings. The molecule has 3 heteroatoms. The first-order valence-electron chi connectivity index (χ1n) is 6.72. The number of benzene rings is 2. The lowest BCUT2D eigenvalue weighted by Gasteiger charge is -2.17. The first-order valence-corrected chi connectivity index (χ1v) is 7.47. The van der Waals surface area contributed by atoms with Crippen LogP contribution in [-0.2, 0) is 6.42 Å². The maximum Gasteiger partial charge on any atom is 0.0595 e. The van der Waals surface area contributed by atoms with E-state index < -0.39 is 0 Å². The van der Waals surface area contributed by atoms with Gasteiger partial charge < -0.3 is 5.73 Å². The van der Waals surface area contributed by atoms with Gasteiger partial charge in [0, 0.05) is 5.92 Å². The van der Waals surface area contributed by atoms with Crippen molar-refractivity contribution in [2.24, 2.45) is 5.73 Å². The summed E-state index contributed by atoms with van der Waals surface area (Å²) in [6.45, 7) is 4.82. The molecular formula is C17H19Cl2N. The molecule has 20 heavy (non-hydrogen) atoms. The first kappa shape index (κ1) is 15.4. The minimum atomic E-state index is 0.256. The molecule has 0 amide bonds. The molecule has 0 radical (unpaired) electrons. The lowest BCUT2D eigenvalue weighted by Crippen LogP contribution is -2.15. The van der Waals surface area contributed by atoms with Gasteiger partial charge in [-0.25, -0.2) is 0 Å². The van der Waals surface area contributed by atoms with Crippen molar-refractivity contribution < 1.29 is 0 Å². The number of hydrogen-bond donors (Lipinski definition) is 1. The molecule has 2 rings (SSSR count). The minimum absolute atomic E-state index is 0.256. The van der Waals surface area contributed by atoms with Crippen LogP contribution in [0.1, 0.15) is 28.2 Å². The predicted octanol–water partition coefficient (Wildman–Crippen LogP) is 4.90. The average Bonchev–Trinajstić information content (AvgIpc) is 2.38. The van der Waals surface area contributed by atoms with Crippen molar-refractivity contribution in [1.29, 1.82) is 0 Å². The molecule has 2 N–H and O–H groups in total. The summed E-state index contributed by atoms with van der Waals surface area (Å²) in [5.41, 5.74) is 11.0. The van der Waals surface area contributed by atoms with E-state index in [0.717, 1.165) is 12.0 Å². The van der Waals surface area contributed by atoms with Crippen molar-refractivity contribution in [3.05, 3.63) is 68.7 Å². The maximum absolute atomic E-state index is 6.10. The second kappa shape index (κ2) is 6.62. The molecule has 0 spiro atoms. The Labute approximate surface area is 130 Å². The summed E-state index contributed by atoms with van der Waals surface area (Å²) < 4.78 is 0. The Kier molecular flexibility index (Phi) is 5.09. The van der Waals surface area contributed by atoms with Gasteiger partial charge in [-0.05, 0) is 50.1 Å². The standard InChI is InChI=1S/C17H19Cl2N/c1-11-5-12(2)7-13(6-11)8-15(10-20)14-3-4-16(18)17(19)9-14/h3-7,9,15H,8,10,20H2,1-2H3. The SMILES string of the molecule is Cc1cc(C)cc(CC(CN)c2ccc(Cl)c(Cl)c2)c1. The van der Waals surface area contributed by atoms with Gasteiger partial charge in [-0.2, -0.15) is 0 Å². The van der Waals surface area contributed by atoms with Crippen LogP contribution >= 0.6 is 23.2 Å². The Balaban J connectivity index is 2.26. The van der Waals surface area contributed by atoms with Crippen molar-refractivity contribution in [3.63, 3.8) is 0 Å². The summed E-state index contributed by atoms with van der Waals surface area (Å²) >= 11 is 12.1. The third-order valence-corrected chi connectivity index (χ3v) is 4.20. The molecule has 2 aromatic carbocycles. The largest absolute Gasteiger partial charge is 0.330 e. The molecule has 2 aromatic rings. The number of hydrogen-bond acceptors (Lipinski definition) is 1. The zero-order valence-corrected chi connectivity index (χ0v) is 13.3. The van der Waals surface area contributed by atoms with E-state index in [4.69, 9.17) is 28.9 Å². The summed E-state index contributed by atoms with van der Waals surface area (Å²) in [5.74, 6) is 0.256. The molecule has 1 nitrogen and oxygen atoms in total. The van der Waals surface area contributed by atoms with Gasteiger partial charge in [0.05, 0.1) is 10.0 Å². The Morgan fingerprint density at radius 1 is 0.950 bits per heavy atom. The third-order valence-electron chi connectivity index (χ3n) is 3.46. The van der Waals surface area contributed by atoms with Crippen molar-refractivity contribution in [2.75, 3.05) is 6.54 Å². The molecule has 0 aliphatic carbocycles. The number of nitrogens with two attached hydrogens (primary N) is 1. The van der Waals surface area contributed by atoms with Crippen LogP contribution < -0.4 is 5.73 Å². The summed E-state index contributed by atoms with van der Waals surface area (Å²) in [4.78, 5) is 0. The molecule has 1 atom stereocenters. The number of halogens is 2. The van der Waals surface area contributed by atoms with Gasteiger partial charge in [-0.3, -0.25) is 0 Å². The highest BCUT2D eigenvalue weighted by Crippen LogP contribution is 2.28. The summed E-state index contributed by atoms with van der Waals surface area (Å²) in [5, 5.41) is 1.17. The smallest absolute Gasteiger partial charge is 0.0595 e. The van der Waals surface area contributed by atoms with E-state index in [2.05, 4.69) is 32.0 Å². The van der Waals surface area contributed by atoms with Gasteiger partial charge in [0.25, 0.3) is 0 Å². The highest BCUT2D eigenvalue weighted by atomic mass is 35.5. The Bertz CT molecular complexity index is 588. The van der Waals surface area contributed by atoms with Crippen LogP contribution in [0.25, 0.3) is 0 Å². The lowest BCUT2D eigenvalue weighted by atomic mass is 9.91. The van der Waals surface area contributed by atoms with Gasteiger partial charge in [0.1, 0.15) is 0 Å². The van der Waals surface area contributed by atoms with E-state index in [9.17, 15) is 0 Å². The van der Waals surface area contributed by atoms with E-state index in [1.165, 1.54) is 16.7 Å².